The largest absolute Gasteiger partial charge is 0.465 e. The van der Waals surface area contributed by atoms with E-state index in [1.54, 1.807) is 29.6 Å². The number of hydrogen-bond acceptors (Lipinski definition) is 11. The lowest BCUT2D eigenvalue weighted by atomic mass is 9.96. The monoisotopic (exact) mass is 592 g/mol. The molecule has 0 radical (unpaired) electrons. The lowest BCUT2D eigenvalue weighted by Crippen LogP contribution is -2.49. The molecule has 0 unspecified atom stereocenters. The SMILES string of the molecule is COC(=O)c1sc(NC(=O)COC(=O)[C@@H]2Cc3ccccc3CN2S(=O)(=O)c2cccs2)c(C(=O)OC)c1C. The van der Waals surface area contributed by atoms with Gasteiger partial charge in [0.25, 0.3) is 15.9 Å². The van der Waals surface area contributed by atoms with Crippen LogP contribution in [0.15, 0.2) is 46.0 Å². The van der Waals surface area contributed by atoms with Crippen molar-refractivity contribution >= 4 is 61.5 Å². The first-order chi connectivity index (χ1) is 18.6. The maximum atomic E-state index is 13.4. The number of hydrogen-bond donors (Lipinski definition) is 1. The predicted octanol–water partition coefficient (Wildman–Crippen LogP) is 2.99. The number of amides is 1. The fourth-order valence-electron chi connectivity index (χ4n) is 4.11. The van der Waals surface area contributed by atoms with Crippen LogP contribution < -0.4 is 5.32 Å². The van der Waals surface area contributed by atoms with Crippen LogP contribution in [0.25, 0.3) is 0 Å². The number of nitrogens with zero attached hydrogens (tertiary/aromatic N) is 1. The lowest BCUT2D eigenvalue weighted by Gasteiger charge is -2.34. The standard InChI is InChI=1S/C25H24N2O9S3/c1-14-20(24(30)34-2)22(38-21(14)25(31)35-3)26-18(28)13-36-23(29)17-11-15-7-4-5-8-16(15)12-27(17)39(32,33)19-9-6-10-37-19/h4-10,17H,11-13H2,1-3H3,(H,26,28)/t17-/m0/s1. The number of ether oxygens (including phenoxy) is 3. The van der Waals surface area contributed by atoms with Crippen molar-refractivity contribution < 1.29 is 41.8 Å². The molecular weight excluding hydrogens is 568 g/mol. The van der Waals surface area contributed by atoms with Gasteiger partial charge in [0.15, 0.2) is 6.61 Å². The molecule has 11 nitrogen and oxygen atoms in total. The van der Waals surface area contributed by atoms with Crippen LogP contribution in [0.2, 0.25) is 0 Å². The minimum atomic E-state index is -4.02. The van der Waals surface area contributed by atoms with Gasteiger partial charge in [-0.05, 0) is 35.1 Å². The van der Waals surface area contributed by atoms with Gasteiger partial charge in [0.05, 0.1) is 19.8 Å². The van der Waals surface area contributed by atoms with Gasteiger partial charge in [-0.1, -0.05) is 30.3 Å². The Bertz CT molecular complexity index is 1530. The average molecular weight is 593 g/mol. The third kappa shape index (κ3) is 5.73. The number of thiophene rings is 2. The number of anilines is 1. The summed E-state index contributed by atoms with van der Waals surface area (Å²) in [6.45, 7) is 0.721. The summed E-state index contributed by atoms with van der Waals surface area (Å²) in [7, 11) is -1.68. The molecule has 3 aromatic rings. The van der Waals surface area contributed by atoms with Crippen molar-refractivity contribution in [3.63, 3.8) is 0 Å². The molecule has 4 rings (SSSR count). The van der Waals surface area contributed by atoms with Crippen LogP contribution in [0.5, 0.6) is 0 Å². The molecule has 1 aromatic carbocycles. The fraction of sp³-hybridized carbons (Fsp3) is 0.280. The van der Waals surface area contributed by atoms with Gasteiger partial charge in [0.2, 0.25) is 0 Å². The number of fused-ring (bicyclic) bond motifs is 1. The predicted molar refractivity (Wildman–Crippen MR) is 142 cm³/mol. The quantitative estimate of drug-likeness (QED) is 0.308. The number of sulfonamides is 1. The van der Waals surface area contributed by atoms with Gasteiger partial charge in [-0.15, -0.1) is 22.7 Å². The third-order valence-corrected chi connectivity index (χ3v) is 10.5. The molecule has 0 saturated heterocycles. The minimum absolute atomic E-state index is 0.0225. The smallest absolute Gasteiger partial charge is 0.348 e. The van der Waals surface area contributed by atoms with E-state index in [1.165, 1.54) is 20.1 Å². The molecule has 14 heteroatoms. The Morgan fingerprint density at radius 2 is 1.72 bits per heavy atom. The van der Waals surface area contributed by atoms with Gasteiger partial charge in [0.1, 0.15) is 20.1 Å². The summed E-state index contributed by atoms with van der Waals surface area (Å²) in [5.41, 5.74) is 1.80. The Balaban J connectivity index is 1.53. The number of benzene rings is 1. The van der Waals surface area contributed by atoms with Gasteiger partial charge >= 0.3 is 17.9 Å². The average Bonchev–Trinajstić information content (AvgIpc) is 3.59. The molecule has 1 aliphatic rings. The molecule has 206 valence electrons. The van der Waals surface area contributed by atoms with E-state index in [0.717, 1.165) is 45.2 Å². The number of carbonyl (C=O) groups excluding carboxylic acids is 4. The first-order valence-electron chi connectivity index (χ1n) is 11.5. The van der Waals surface area contributed by atoms with Gasteiger partial charge in [-0.3, -0.25) is 9.59 Å². The number of carbonyl (C=O) groups is 4. The van der Waals surface area contributed by atoms with Crippen LogP contribution in [0, 0.1) is 6.92 Å². The zero-order chi connectivity index (χ0) is 28.3. The van der Waals surface area contributed by atoms with Crippen LogP contribution >= 0.6 is 22.7 Å². The van der Waals surface area contributed by atoms with Crippen molar-refractivity contribution in [1.29, 1.82) is 0 Å². The normalized spacial score (nSPS) is 15.2. The summed E-state index contributed by atoms with van der Waals surface area (Å²) < 4.78 is 42.6. The zero-order valence-corrected chi connectivity index (χ0v) is 23.5. The second-order valence-corrected chi connectivity index (χ2v) is 12.5. The van der Waals surface area contributed by atoms with Crippen molar-refractivity contribution in [3.8, 4) is 0 Å². The maximum absolute atomic E-state index is 13.4. The van der Waals surface area contributed by atoms with Gasteiger partial charge < -0.3 is 19.5 Å². The van der Waals surface area contributed by atoms with Crippen molar-refractivity contribution in [2.75, 3.05) is 26.1 Å². The zero-order valence-electron chi connectivity index (χ0n) is 21.1. The van der Waals surface area contributed by atoms with Crippen LogP contribution in [0.1, 0.15) is 36.7 Å². The van der Waals surface area contributed by atoms with Crippen LogP contribution in [0.4, 0.5) is 5.00 Å². The summed E-state index contributed by atoms with van der Waals surface area (Å²) in [6.07, 6.45) is 0.0698. The molecule has 3 heterocycles. The Morgan fingerprint density at radius 1 is 1.03 bits per heavy atom. The molecule has 0 fully saturated rings. The molecule has 1 amide bonds. The molecule has 0 spiro atoms. The number of rotatable bonds is 8. The van der Waals surface area contributed by atoms with E-state index in [0.29, 0.717) is 0 Å². The van der Waals surface area contributed by atoms with E-state index in [2.05, 4.69) is 5.32 Å². The van der Waals surface area contributed by atoms with Crippen molar-refractivity contribution in [1.82, 2.24) is 4.31 Å². The lowest BCUT2D eigenvalue weighted by molar-refractivity contribution is -0.151. The first kappa shape index (κ1) is 28.4. The number of methoxy groups -OCH3 is 2. The van der Waals surface area contributed by atoms with Crippen molar-refractivity contribution in [2.24, 2.45) is 0 Å². The highest BCUT2D eigenvalue weighted by Gasteiger charge is 2.41. The Labute approximate surface area is 232 Å². The molecule has 0 aliphatic carbocycles. The first-order valence-corrected chi connectivity index (χ1v) is 14.6. The fourth-order valence-corrected chi connectivity index (χ4v) is 7.91. The van der Waals surface area contributed by atoms with Crippen LogP contribution in [0.3, 0.4) is 0 Å². The molecule has 0 bridgehead atoms. The summed E-state index contributed by atoms with van der Waals surface area (Å²) >= 11 is 1.85. The second kappa shape index (κ2) is 11.7. The molecule has 39 heavy (non-hydrogen) atoms. The highest BCUT2D eigenvalue weighted by atomic mass is 32.2. The summed E-state index contributed by atoms with van der Waals surface area (Å²) in [5, 5.41) is 4.12. The minimum Gasteiger partial charge on any atom is -0.465 e. The third-order valence-electron chi connectivity index (χ3n) is 6.04. The summed E-state index contributed by atoms with van der Waals surface area (Å²) in [5.74, 6) is -3.17. The van der Waals surface area contributed by atoms with Crippen molar-refractivity contribution in [2.45, 2.75) is 30.1 Å². The number of nitrogens with one attached hydrogen (secondary N) is 1. The Morgan fingerprint density at radius 3 is 2.36 bits per heavy atom. The molecular formula is C25H24N2O9S3. The van der Waals surface area contributed by atoms with Crippen LogP contribution in [-0.2, 0) is 46.8 Å². The van der Waals surface area contributed by atoms with E-state index in [1.807, 2.05) is 6.07 Å². The van der Waals surface area contributed by atoms with Crippen LogP contribution in [-0.4, -0.2) is 63.4 Å². The van der Waals surface area contributed by atoms with E-state index in [4.69, 9.17) is 14.2 Å². The van der Waals surface area contributed by atoms with E-state index in [-0.39, 0.29) is 38.2 Å². The highest BCUT2D eigenvalue weighted by molar-refractivity contribution is 7.91. The van der Waals surface area contributed by atoms with E-state index < -0.39 is 46.5 Å². The van der Waals surface area contributed by atoms with E-state index in [9.17, 15) is 27.6 Å². The molecule has 1 aliphatic heterocycles. The Kier molecular flexibility index (Phi) is 8.49. The number of esters is 3. The topological polar surface area (TPSA) is 145 Å². The van der Waals surface area contributed by atoms with Gasteiger partial charge in [-0.2, -0.15) is 4.31 Å². The summed E-state index contributed by atoms with van der Waals surface area (Å²) in [6, 6.07) is 9.06. The highest BCUT2D eigenvalue weighted by Crippen LogP contribution is 2.34. The second-order valence-electron chi connectivity index (χ2n) is 8.37. The van der Waals surface area contributed by atoms with E-state index >= 15 is 0 Å². The summed E-state index contributed by atoms with van der Waals surface area (Å²) in [4.78, 5) is 50.3. The molecule has 1 N–H and O–H groups in total. The van der Waals surface area contributed by atoms with Gasteiger partial charge in [-0.25, -0.2) is 18.0 Å². The molecule has 0 saturated carbocycles. The molecule has 1 atom stereocenters. The van der Waals surface area contributed by atoms with Crippen molar-refractivity contribution in [3.05, 3.63) is 68.9 Å². The van der Waals surface area contributed by atoms with Gasteiger partial charge in [0, 0.05) is 13.0 Å². The Hall–Kier alpha value is -3.59. The maximum Gasteiger partial charge on any atom is 0.348 e. The molecule has 2 aromatic heterocycles.